The molecule has 0 radical (unpaired) electrons. The first-order valence-corrected chi connectivity index (χ1v) is 3.46. The molecule has 1 heterocycles. The lowest BCUT2D eigenvalue weighted by Gasteiger charge is -2.27. The Balaban J connectivity index is 1.95. The molecule has 0 bridgehead atoms. The molecule has 0 unspecified atom stereocenters. The van der Waals surface area contributed by atoms with Gasteiger partial charge in [-0.05, 0) is 0 Å². The van der Waals surface area contributed by atoms with Crippen molar-refractivity contribution in [2.45, 2.75) is 18.6 Å². The van der Waals surface area contributed by atoms with E-state index < -0.39 is 12.6 Å². The largest absolute Gasteiger partial charge is 0.390 e. The van der Waals surface area contributed by atoms with Crippen LogP contribution in [0, 0.1) is 0 Å². The Labute approximate surface area is 62.7 Å². The van der Waals surface area contributed by atoms with Crippen LogP contribution in [-0.2, 0) is 4.74 Å². The molecule has 2 nitrogen and oxygen atoms in total. The van der Waals surface area contributed by atoms with Crippen LogP contribution in [0.3, 0.4) is 0 Å². The molecular weight excluding hydrogens is 159 g/mol. The number of hydrogen-bond donors (Lipinski definition) is 1. The summed E-state index contributed by atoms with van der Waals surface area (Å²) in [6.07, 6.45) is -4.80. The molecule has 0 saturated carbocycles. The molecule has 5 heteroatoms. The first-order chi connectivity index (χ1) is 5.08. The fourth-order valence-corrected chi connectivity index (χ4v) is 0.772. The third kappa shape index (κ3) is 3.57. The normalized spacial score (nSPS) is 19.9. The fourth-order valence-electron chi connectivity index (χ4n) is 0.772. The summed E-state index contributed by atoms with van der Waals surface area (Å²) in [7, 11) is 0. The van der Waals surface area contributed by atoms with E-state index in [0.29, 0.717) is 13.2 Å². The standard InChI is InChI=1S/C6H10F3NO/c7-6(8,9)1-2-10-5-3-11-4-5/h5,10H,1-4H2. The van der Waals surface area contributed by atoms with Crippen LogP contribution in [0.15, 0.2) is 0 Å². The molecule has 0 aliphatic carbocycles. The molecule has 1 N–H and O–H groups in total. The summed E-state index contributed by atoms with van der Waals surface area (Å²) in [5, 5.41) is 2.73. The Hall–Kier alpha value is -0.290. The number of nitrogens with one attached hydrogen (secondary N) is 1. The highest BCUT2D eigenvalue weighted by molar-refractivity contribution is 4.72. The fraction of sp³-hybridized carbons (Fsp3) is 1.00. The van der Waals surface area contributed by atoms with Gasteiger partial charge in [-0.3, -0.25) is 0 Å². The second-order valence-electron chi connectivity index (χ2n) is 2.55. The highest BCUT2D eigenvalue weighted by Gasteiger charge is 2.27. The van der Waals surface area contributed by atoms with Crippen LogP contribution < -0.4 is 5.32 Å². The molecule has 0 amide bonds. The van der Waals surface area contributed by atoms with Gasteiger partial charge in [0.1, 0.15) is 0 Å². The van der Waals surface area contributed by atoms with Crippen molar-refractivity contribution < 1.29 is 17.9 Å². The highest BCUT2D eigenvalue weighted by Crippen LogP contribution is 2.18. The third-order valence-electron chi connectivity index (χ3n) is 1.48. The molecule has 0 aromatic rings. The second-order valence-corrected chi connectivity index (χ2v) is 2.55. The average molecular weight is 169 g/mol. The monoisotopic (exact) mass is 169 g/mol. The maximum absolute atomic E-state index is 11.6. The van der Waals surface area contributed by atoms with Crippen molar-refractivity contribution in [2.75, 3.05) is 19.8 Å². The Morgan fingerprint density at radius 3 is 2.36 bits per heavy atom. The number of rotatable bonds is 3. The van der Waals surface area contributed by atoms with Crippen molar-refractivity contribution in [1.82, 2.24) is 5.32 Å². The Morgan fingerprint density at radius 1 is 1.36 bits per heavy atom. The molecule has 0 atom stereocenters. The van der Waals surface area contributed by atoms with E-state index in [0.717, 1.165) is 0 Å². The predicted octanol–water partition coefficient (Wildman–Crippen LogP) is 0.927. The van der Waals surface area contributed by atoms with E-state index in [1.54, 1.807) is 0 Å². The van der Waals surface area contributed by atoms with E-state index in [2.05, 4.69) is 5.32 Å². The minimum Gasteiger partial charge on any atom is -0.378 e. The minimum absolute atomic E-state index is 0.00245. The number of hydrogen-bond acceptors (Lipinski definition) is 2. The van der Waals surface area contributed by atoms with Gasteiger partial charge >= 0.3 is 6.18 Å². The van der Waals surface area contributed by atoms with Crippen molar-refractivity contribution in [3.05, 3.63) is 0 Å². The average Bonchev–Trinajstić information content (AvgIpc) is 1.73. The lowest BCUT2D eigenvalue weighted by atomic mass is 10.2. The zero-order valence-electron chi connectivity index (χ0n) is 5.95. The Morgan fingerprint density at radius 2 is 2.00 bits per heavy atom. The molecule has 1 aliphatic heterocycles. The van der Waals surface area contributed by atoms with Crippen LogP contribution in [-0.4, -0.2) is 32.0 Å². The van der Waals surface area contributed by atoms with E-state index >= 15 is 0 Å². The van der Waals surface area contributed by atoms with Crippen LogP contribution >= 0.6 is 0 Å². The smallest absolute Gasteiger partial charge is 0.378 e. The van der Waals surface area contributed by atoms with Gasteiger partial charge in [0.05, 0.1) is 25.7 Å². The number of halogens is 3. The van der Waals surface area contributed by atoms with E-state index in [9.17, 15) is 13.2 Å². The topological polar surface area (TPSA) is 21.3 Å². The van der Waals surface area contributed by atoms with Gasteiger partial charge < -0.3 is 10.1 Å². The van der Waals surface area contributed by atoms with Gasteiger partial charge in [-0.1, -0.05) is 0 Å². The number of alkyl halides is 3. The van der Waals surface area contributed by atoms with Gasteiger partial charge in [-0.2, -0.15) is 13.2 Å². The first-order valence-electron chi connectivity index (χ1n) is 3.46. The van der Waals surface area contributed by atoms with E-state index in [-0.39, 0.29) is 12.6 Å². The Kier molecular flexibility index (Phi) is 2.72. The quantitative estimate of drug-likeness (QED) is 0.678. The molecule has 1 aliphatic rings. The summed E-state index contributed by atoms with van der Waals surface area (Å²) in [5.74, 6) is 0. The van der Waals surface area contributed by atoms with Crippen molar-refractivity contribution >= 4 is 0 Å². The molecule has 1 rings (SSSR count). The van der Waals surface area contributed by atoms with E-state index in [4.69, 9.17) is 4.74 Å². The molecule has 11 heavy (non-hydrogen) atoms. The minimum atomic E-state index is -4.04. The molecule has 0 aromatic heterocycles. The van der Waals surface area contributed by atoms with Crippen LogP contribution in [0.2, 0.25) is 0 Å². The van der Waals surface area contributed by atoms with Gasteiger partial charge in [0.2, 0.25) is 0 Å². The molecule has 66 valence electrons. The van der Waals surface area contributed by atoms with Crippen molar-refractivity contribution in [2.24, 2.45) is 0 Å². The third-order valence-corrected chi connectivity index (χ3v) is 1.48. The van der Waals surface area contributed by atoms with Crippen LogP contribution in [0.1, 0.15) is 6.42 Å². The molecule has 1 fully saturated rings. The first kappa shape index (κ1) is 8.80. The lowest BCUT2D eigenvalue weighted by Crippen LogP contribution is -2.46. The lowest BCUT2D eigenvalue weighted by molar-refractivity contribution is -0.135. The number of ether oxygens (including phenoxy) is 1. The SMILES string of the molecule is FC(F)(F)CCNC1COC1. The molecule has 0 spiro atoms. The summed E-state index contributed by atoms with van der Waals surface area (Å²) in [6, 6.07) is 0.136. The van der Waals surface area contributed by atoms with Crippen molar-refractivity contribution in [3.8, 4) is 0 Å². The summed E-state index contributed by atoms with van der Waals surface area (Å²) in [6.45, 7) is 1.08. The molecule has 0 aromatic carbocycles. The van der Waals surface area contributed by atoms with Crippen LogP contribution in [0.4, 0.5) is 13.2 Å². The summed E-state index contributed by atoms with van der Waals surface area (Å²) in [4.78, 5) is 0. The zero-order valence-corrected chi connectivity index (χ0v) is 5.95. The van der Waals surface area contributed by atoms with Gasteiger partial charge in [-0.25, -0.2) is 0 Å². The van der Waals surface area contributed by atoms with Crippen molar-refractivity contribution in [1.29, 1.82) is 0 Å². The summed E-state index contributed by atoms with van der Waals surface area (Å²) < 4.78 is 39.4. The molecular formula is C6H10F3NO. The highest BCUT2D eigenvalue weighted by atomic mass is 19.4. The maximum atomic E-state index is 11.6. The predicted molar refractivity (Wildman–Crippen MR) is 33.3 cm³/mol. The van der Waals surface area contributed by atoms with Gasteiger partial charge in [0, 0.05) is 6.54 Å². The van der Waals surface area contributed by atoms with E-state index in [1.807, 2.05) is 0 Å². The van der Waals surface area contributed by atoms with Gasteiger partial charge in [0.25, 0.3) is 0 Å². The summed E-state index contributed by atoms with van der Waals surface area (Å²) in [5.41, 5.74) is 0. The van der Waals surface area contributed by atoms with Crippen LogP contribution in [0.5, 0.6) is 0 Å². The van der Waals surface area contributed by atoms with Gasteiger partial charge in [-0.15, -0.1) is 0 Å². The summed E-state index contributed by atoms with van der Waals surface area (Å²) >= 11 is 0. The van der Waals surface area contributed by atoms with Crippen LogP contribution in [0.25, 0.3) is 0 Å². The maximum Gasteiger partial charge on any atom is 0.390 e. The Bertz CT molecular complexity index is 121. The zero-order chi connectivity index (χ0) is 8.32. The second kappa shape index (κ2) is 3.40. The molecule has 1 saturated heterocycles. The van der Waals surface area contributed by atoms with Crippen molar-refractivity contribution in [3.63, 3.8) is 0 Å². The van der Waals surface area contributed by atoms with E-state index in [1.165, 1.54) is 0 Å². The van der Waals surface area contributed by atoms with Gasteiger partial charge in [0.15, 0.2) is 0 Å².